The average molecular weight is 360 g/mol. The third kappa shape index (κ3) is 2.71. The van der Waals surface area contributed by atoms with Crippen molar-refractivity contribution in [1.29, 1.82) is 0 Å². The molecule has 0 aliphatic rings. The second kappa shape index (κ2) is 6.98. The number of rotatable bonds is 5. The molecule has 3 nitrogen and oxygen atoms in total. The fourth-order valence-electron chi connectivity index (χ4n) is 3.35. The van der Waals surface area contributed by atoms with Gasteiger partial charge in [0.15, 0.2) is 10.8 Å². The quantitative estimate of drug-likeness (QED) is 0.523. The molecule has 2 heterocycles. The normalized spacial score (nSPS) is 11.8. The molecule has 0 saturated carbocycles. The van der Waals surface area contributed by atoms with Crippen LogP contribution in [0.4, 0.5) is 0 Å². The molecule has 1 N–H and O–H groups in total. The van der Waals surface area contributed by atoms with E-state index in [4.69, 9.17) is 0 Å². The Balaban J connectivity index is 2.05. The predicted molar refractivity (Wildman–Crippen MR) is 107 cm³/mol. The van der Waals surface area contributed by atoms with Gasteiger partial charge in [-0.15, -0.1) is 0 Å². The number of thioether (sulfide) groups is 1. The molecular formula is C22H20N2OS. The Morgan fingerprint density at radius 3 is 2.08 bits per heavy atom. The maximum absolute atomic E-state index is 12.1. The number of benzene rings is 2. The lowest BCUT2D eigenvalue weighted by Gasteiger charge is -2.31. The zero-order chi connectivity index (χ0) is 18.0. The van der Waals surface area contributed by atoms with Gasteiger partial charge in [0, 0.05) is 0 Å². The molecule has 26 heavy (non-hydrogen) atoms. The van der Waals surface area contributed by atoms with Crippen LogP contribution >= 0.6 is 11.8 Å². The van der Waals surface area contributed by atoms with Crippen LogP contribution in [0.25, 0.3) is 5.52 Å². The van der Waals surface area contributed by atoms with Crippen LogP contribution in [0.15, 0.2) is 90.2 Å². The SMILES string of the molecule is CCSc1ncc2cccc(C(O)(c3ccccc3)c3ccccc3)n12. The van der Waals surface area contributed by atoms with Gasteiger partial charge in [0.2, 0.25) is 0 Å². The molecule has 0 spiro atoms. The minimum absolute atomic E-state index is 0.792. The predicted octanol–water partition coefficient (Wildman–Crippen LogP) is 4.73. The Morgan fingerprint density at radius 1 is 0.885 bits per heavy atom. The average Bonchev–Trinajstić information content (AvgIpc) is 3.12. The van der Waals surface area contributed by atoms with Gasteiger partial charge in [0.1, 0.15) is 0 Å². The van der Waals surface area contributed by atoms with Crippen LogP contribution in [-0.2, 0) is 5.60 Å². The van der Waals surface area contributed by atoms with Gasteiger partial charge in [-0.05, 0) is 29.0 Å². The summed E-state index contributed by atoms with van der Waals surface area (Å²) in [5, 5.41) is 13.0. The topological polar surface area (TPSA) is 37.5 Å². The smallest absolute Gasteiger partial charge is 0.172 e. The van der Waals surface area contributed by atoms with E-state index in [2.05, 4.69) is 16.3 Å². The van der Waals surface area contributed by atoms with Crippen LogP contribution in [0, 0.1) is 0 Å². The number of pyridine rings is 1. The highest BCUT2D eigenvalue weighted by molar-refractivity contribution is 7.99. The summed E-state index contributed by atoms with van der Waals surface area (Å²) in [7, 11) is 0. The molecule has 0 aliphatic heterocycles. The zero-order valence-electron chi connectivity index (χ0n) is 14.5. The molecule has 2 aromatic carbocycles. The molecule has 130 valence electrons. The maximum Gasteiger partial charge on any atom is 0.172 e. The third-order valence-electron chi connectivity index (χ3n) is 4.55. The molecular weight excluding hydrogens is 340 g/mol. The Morgan fingerprint density at radius 2 is 1.50 bits per heavy atom. The van der Waals surface area contributed by atoms with Crippen LogP contribution in [0.2, 0.25) is 0 Å². The number of hydrogen-bond acceptors (Lipinski definition) is 3. The van der Waals surface area contributed by atoms with Crippen LogP contribution in [0.1, 0.15) is 23.7 Å². The largest absolute Gasteiger partial charge is 0.375 e. The molecule has 4 rings (SSSR count). The molecule has 4 aromatic rings. The van der Waals surface area contributed by atoms with Crippen molar-refractivity contribution in [3.05, 3.63) is 102 Å². The van der Waals surface area contributed by atoms with E-state index in [-0.39, 0.29) is 0 Å². The van der Waals surface area contributed by atoms with E-state index < -0.39 is 5.60 Å². The van der Waals surface area contributed by atoms with Crippen molar-refractivity contribution < 1.29 is 5.11 Å². The lowest BCUT2D eigenvalue weighted by atomic mass is 9.83. The molecule has 0 radical (unpaired) electrons. The molecule has 0 unspecified atom stereocenters. The fraction of sp³-hybridized carbons (Fsp3) is 0.136. The van der Waals surface area contributed by atoms with Crippen LogP contribution < -0.4 is 0 Å². The van der Waals surface area contributed by atoms with Crippen LogP contribution in [-0.4, -0.2) is 20.2 Å². The molecule has 2 aromatic heterocycles. The Hall–Kier alpha value is -2.56. The zero-order valence-corrected chi connectivity index (χ0v) is 15.4. The Bertz CT molecular complexity index is 973. The van der Waals surface area contributed by atoms with E-state index in [9.17, 15) is 5.11 Å². The van der Waals surface area contributed by atoms with Gasteiger partial charge in [0.25, 0.3) is 0 Å². The number of aromatic nitrogens is 2. The highest BCUT2D eigenvalue weighted by atomic mass is 32.2. The van der Waals surface area contributed by atoms with Crippen molar-refractivity contribution in [2.45, 2.75) is 17.7 Å². The van der Waals surface area contributed by atoms with Gasteiger partial charge in [-0.1, -0.05) is 85.4 Å². The maximum atomic E-state index is 12.1. The van der Waals surface area contributed by atoms with E-state index in [0.717, 1.165) is 33.2 Å². The summed E-state index contributed by atoms with van der Waals surface area (Å²) in [6, 6.07) is 25.6. The fourth-order valence-corrected chi connectivity index (χ4v) is 4.07. The van der Waals surface area contributed by atoms with Gasteiger partial charge in [-0.2, -0.15) is 0 Å². The minimum atomic E-state index is -1.27. The highest BCUT2D eigenvalue weighted by Crippen LogP contribution is 2.38. The number of fused-ring (bicyclic) bond motifs is 1. The van der Waals surface area contributed by atoms with Crippen molar-refractivity contribution >= 4 is 17.3 Å². The summed E-state index contributed by atoms with van der Waals surface area (Å²) in [5.41, 5.74) is 2.16. The van der Waals surface area contributed by atoms with Gasteiger partial charge in [-0.25, -0.2) is 4.98 Å². The number of hydrogen-bond donors (Lipinski definition) is 1. The van der Waals surface area contributed by atoms with Crippen molar-refractivity contribution in [2.24, 2.45) is 0 Å². The van der Waals surface area contributed by atoms with Crippen molar-refractivity contribution in [3.63, 3.8) is 0 Å². The van der Waals surface area contributed by atoms with Crippen molar-refractivity contribution in [1.82, 2.24) is 9.38 Å². The second-order valence-corrected chi connectivity index (χ2v) is 7.32. The first-order valence-electron chi connectivity index (χ1n) is 8.68. The number of nitrogens with zero attached hydrogens (tertiary/aromatic N) is 2. The first-order chi connectivity index (χ1) is 12.7. The standard InChI is InChI=1S/C22H20N2OS/c1-2-26-21-23-16-19-14-9-15-20(24(19)21)22(25,17-10-5-3-6-11-17)18-12-7-4-8-13-18/h3-16,25H,2H2,1H3. The second-order valence-electron chi connectivity index (χ2n) is 6.09. The summed E-state index contributed by atoms with van der Waals surface area (Å²) in [4.78, 5) is 4.56. The summed E-state index contributed by atoms with van der Waals surface area (Å²) in [6.07, 6.45) is 1.86. The summed E-state index contributed by atoms with van der Waals surface area (Å²) < 4.78 is 2.06. The molecule has 0 fully saturated rings. The number of aliphatic hydroxyl groups is 1. The Labute approximate surface area is 157 Å². The molecule has 0 aliphatic carbocycles. The van der Waals surface area contributed by atoms with Gasteiger partial charge >= 0.3 is 0 Å². The van der Waals surface area contributed by atoms with E-state index in [1.165, 1.54) is 0 Å². The first kappa shape index (κ1) is 16.9. The molecule has 0 saturated heterocycles. The third-order valence-corrected chi connectivity index (χ3v) is 5.38. The lowest BCUT2D eigenvalue weighted by Crippen LogP contribution is -2.31. The van der Waals surface area contributed by atoms with Crippen molar-refractivity contribution in [2.75, 3.05) is 5.75 Å². The summed E-state index contributed by atoms with van der Waals surface area (Å²) in [5.74, 6) is 0.919. The van der Waals surface area contributed by atoms with Gasteiger partial charge in [-0.3, -0.25) is 4.40 Å². The van der Waals surface area contributed by atoms with E-state index in [1.54, 1.807) is 11.8 Å². The first-order valence-corrected chi connectivity index (χ1v) is 9.67. The van der Waals surface area contributed by atoms with Gasteiger partial charge < -0.3 is 5.11 Å². The van der Waals surface area contributed by atoms with Crippen LogP contribution in [0.3, 0.4) is 0 Å². The monoisotopic (exact) mass is 360 g/mol. The van der Waals surface area contributed by atoms with Crippen molar-refractivity contribution in [3.8, 4) is 0 Å². The molecule has 0 amide bonds. The molecule has 0 atom stereocenters. The summed E-state index contributed by atoms with van der Waals surface area (Å²) >= 11 is 1.67. The van der Waals surface area contributed by atoms with E-state index >= 15 is 0 Å². The number of imidazole rings is 1. The summed E-state index contributed by atoms with van der Waals surface area (Å²) in [6.45, 7) is 2.11. The molecule has 4 heteroatoms. The Kier molecular flexibility index (Phi) is 4.53. The minimum Gasteiger partial charge on any atom is -0.375 e. The van der Waals surface area contributed by atoms with E-state index in [1.807, 2.05) is 85.1 Å². The van der Waals surface area contributed by atoms with Crippen LogP contribution in [0.5, 0.6) is 0 Å². The van der Waals surface area contributed by atoms with E-state index in [0.29, 0.717) is 0 Å². The van der Waals surface area contributed by atoms with Gasteiger partial charge in [0.05, 0.1) is 17.4 Å². The molecule has 0 bridgehead atoms. The highest BCUT2D eigenvalue weighted by Gasteiger charge is 2.36. The lowest BCUT2D eigenvalue weighted by molar-refractivity contribution is 0.118.